The molecule has 9 nitrogen and oxygen atoms in total. The van der Waals surface area contributed by atoms with Crippen molar-refractivity contribution in [2.24, 2.45) is 5.11 Å². The fourth-order valence-corrected chi connectivity index (χ4v) is 1.44. The van der Waals surface area contributed by atoms with Gasteiger partial charge in [-0.2, -0.15) is 0 Å². The fraction of sp³-hybridized carbons (Fsp3) is 0.385. The monoisotopic (exact) mass is 309 g/mol. The molecule has 2 amide bonds. The second-order valence-electron chi connectivity index (χ2n) is 3.72. The SMILES string of the molecule is C.CNC(=O)OC(C(=O)NC)c1ccc(OCN=[N+]=[N-])cc1. The van der Waals surface area contributed by atoms with E-state index in [9.17, 15) is 9.59 Å². The number of ether oxygens (including phenoxy) is 2. The minimum Gasteiger partial charge on any atom is -0.488 e. The number of nitrogens with one attached hydrogen (secondary N) is 2. The average Bonchev–Trinajstić information content (AvgIpc) is 2.52. The average molecular weight is 309 g/mol. The van der Waals surface area contributed by atoms with Crippen LogP contribution in [0.4, 0.5) is 4.79 Å². The molecule has 0 aliphatic rings. The predicted molar refractivity (Wildman–Crippen MR) is 80.2 cm³/mol. The lowest BCUT2D eigenvalue weighted by atomic mass is 10.1. The minimum absolute atomic E-state index is 0. The van der Waals surface area contributed by atoms with Crippen LogP contribution in [-0.4, -0.2) is 32.8 Å². The topological polar surface area (TPSA) is 125 Å². The zero-order valence-electron chi connectivity index (χ0n) is 11.6. The smallest absolute Gasteiger partial charge is 0.408 e. The maximum atomic E-state index is 11.8. The molecule has 0 saturated heterocycles. The summed E-state index contributed by atoms with van der Waals surface area (Å²) in [6.45, 7) is -0.135. The summed E-state index contributed by atoms with van der Waals surface area (Å²) >= 11 is 0. The number of alkyl carbamates (subject to hydrolysis) is 1. The molecule has 9 heteroatoms. The molecule has 1 aromatic rings. The van der Waals surface area contributed by atoms with Crippen LogP contribution in [0, 0.1) is 0 Å². The molecule has 0 fully saturated rings. The first-order chi connectivity index (χ1) is 10.1. The van der Waals surface area contributed by atoms with E-state index in [1.165, 1.54) is 14.1 Å². The zero-order valence-corrected chi connectivity index (χ0v) is 11.6. The summed E-state index contributed by atoms with van der Waals surface area (Å²) in [5, 5.41) is 7.93. The molecular formula is C13H19N5O4. The first-order valence-electron chi connectivity index (χ1n) is 5.96. The van der Waals surface area contributed by atoms with Crippen LogP contribution < -0.4 is 15.4 Å². The van der Waals surface area contributed by atoms with Gasteiger partial charge in [-0.15, -0.1) is 0 Å². The Kier molecular flexibility index (Phi) is 8.58. The van der Waals surface area contributed by atoms with Gasteiger partial charge in [0, 0.05) is 24.6 Å². The van der Waals surface area contributed by atoms with Crippen molar-refractivity contribution in [3.8, 4) is 5.75 Å². The number of carbonyl (C=O) groups is 2. The number of carbonyl (C=O) groups excluding carboxylic acids is 2. The van der Waals surface area contributed by atoms with Gasteiger partial charge in [-0.25, -0.2) is 4.79 Å². The van der Waals surface area contributed by atoms with Crippen LogP contribution in [0.25, 0.3) is 10.4 Å². The Labute approximate surface area is 128 Å². The number of hydrogen-bond donors (Lipinski definition) is 2. The van der Waals surface area contributed by atoms with Gasteiger partial charge in [0.15, 0.2) is 6.73 Å². The Morgan fingerprint density at radius 2 is 1.91 bits per heavy atom. The van der Waals surface area contributed by atoms with Crippen molar-refractivity contribution in [3.05, 3.63) is 40.3 Å². The molecule has 0 aliphatic carbocycles. The maximum absolute atomic E-state index is 11.8. The minimum atomic E-state index is -1.07. The molecule has 2 N–H and O–H groups in total. The van der Waals surface area contributed by atoms with Crippen molar-refractivity contribution in [2.75, 3.05) is 20.8 Å². The van der Waals surface area contributed by atoms with Gasteiger partial charge in [-0.3, -0.25) is 4.79 Å². The van der Waals surface area contributed by atoms with E-state index in [1.54, 1.807) is 24.3 Å². The van der Waals surface area contributed by atoms with Gasteiger partial charge in [-0.1, -0.05) is 24.7 Å². The molecule has 120 valence electrons. The molecule has 1 aromatic carbocycles. The van der Waals surface area contributed by atoms with E-state index < -0.39 is 18.1 Å². The second-order valence-corrected chi connectivity index (χ2v) is 3.72. The highest BCUT2D eigenvalue weighted by Crippen LogP contribution is 2.21. The van der Waals surface area contributed by atoms with Gasteiger partial charge in [0.25, 0.3) is 5.91 Å². The lowest BCUT2D eigenvalue weighted by Gasteiger charge is -2.16. The van der Waals surface area contributed by atoms with Crippen LogP contribution in [-0.2, 0) is 9.53 Å². The summed E-state index contributed by atoms with van der Waals surface area (Å²) in [6.07, 6.45) is -1.78. The molecule has 0 bridgehead atoms. The third-order valence-electron chi connectivity index (χ3n) is 2.45. The van der Waals surface area contributed by atoms with Gasteiger partial charge in [0.2, 0.25) is 6.10 Å². The summed E-state index contributed by atoms with van der Waals surface area (Å²) in [5.74, 6) is 0.00287. The Morgan fingerprint density at radius 3 is 2.41 bits per heavy atom. The highest BCUT2D eigenvalue weighted by molar-refractivity contribution is 5.84. The Bertz CT molecular complexity index is 540. The molecule has 0 spiro atoms. The van der Waals surface area contributed by atoms with Crippen LogP contribution in [0.3, 0.4) is 0 Å². The highest BCUT2D eigenvalue weighted by Gasteiger charge is 2.23. The van der Waals surface area contributed by atoms with Gasteiger partial charge in [0.1, 0.15) is 5.75 Å². The number of benzene rings is 1. The van der Waals surface area contributed by atoms with Crippen LogP contribution in [0.1, 0.15) is 19.1 Å². The molecule has 0 radical (unpaired) electrons. The van der Waals surface area contributed by atoms with Crippen molar-refractivity contribution in [1.29, 1.82) is 0 Å². The standard InChI is InChI=1S/C12H15N5O4.CH4/c1-14-11(18)10(21-12(19)15-2)8-3-5-9(6-4-8)20-7-16-17-13;/h3-6,10H,7H2,1-2H3,(H,14,18)(H,15,19);1H4. The van der Waals surface area contributed by atoms with Crippen LogP contribution >= 0.6 is 0 Å². The fourth-order valence-electron chi connectivity index (χ4n) is 1.44. The summed E-state index contributed by atoms with van der Waals surface area (Å²) < 4.78 is 10.1. The normalized spacial score (nSPS) is 10.3. The highest BCUT2D eigenvalue weighted by atomic mass is 16.6. The summed E-state index contributed by atoms with van der Waals surface area (Å²) in [6, 6.07) is 6.30. The van der Waals surface area contributed by atoms with E-state index in [0.717, 1.165) is 0 Å². The largest absolute Gasteiger partial charge is 0.488 e. The summed E-state index contributed by atoms with van der Waals surface area (Å²) in [5.41, 5.74) is 8.62. The molecule has 22 heavy (non-hydrogen) atoms. The van der Waals surface area contributed by atoms with Crippen molar-refractivity contribution in [2.45, 2.75) is 13.5 Å². The van der Waals surface area contributed by atoms with E-state index in [4.69, 9.17) is 15.0 Å². The predicted octanol–water partition coefficient (Wildman–Crippen LogP) is 2.11. The molecule has 1 unspecified atom stereocenters. The number of hydrogen-bond acceptors (Lipinski definition) is 5. The van der Waals surface area contributed by atoms with Crippen LogP contribution in [0.2, 0.25) is 0 Å². The van der Waals surface area contributed by atoms with Crippen molar-refractivity contribution >= 4 is 12.0 Å². The van der Waals surface area contributed by atoms with E-state index in [2.05, 4.69) is 20.7 Å². The first kappa shape index (κ1) is 19.1. The molecule has 1 rings (SSSR count). The van der Waals surface area contributed by atoms with Gasteiger partial charge < -0.3 is 20.1 Å². The Hall–Kier alpha value is -2.93. The van der Waals surface area contributed by atoms with Gasteiger partial charge >= 0.3 is 6.09 Å². The number of rotatable bonds is 6. The maximum Gasteiger partial charge on any atom is 0.408 e. The van der Waals surface area contributed by atoms with Crippen molar-refractivity contribution in [3.63, 3.8) is 0 Å². The number of azide groups is 1. The Balaban J connectivity index is 0.00000441. The van der Waals surface area contributed by atoms with Gasteiger partial charge in [0.05, 0.1) is 0 Å². The molecule has 0 heterocycles. The number of amides is 2. The quantitative estimate of drug-likeness (QED) is 0.474. The van der Waals surface area contributed by atoms with E-state index in [0.29, 0.717) is 11.3 Å². The Morgan fingerprint density at radius 1 is 1.27 bits per heavy atom. The first-order valence-corrected chi connectivity index (χ1v) is 5.96. The van der Waals surface area contributed by atoms with Crippen LogP contribution in [0.5, 0.6) is 5.75 Å². The number of likely N-dealkylation sites (N-methyl/N-ethyl adjacent to an activating group) is 1. The molecule has 0 aliphatic heterocycles. The number of nitrogens with zero attached hydrogens (tertiary/aromatic N) is 3. The zero-order chi connectivity index (χ0) is 15.7. The lowest BCUT2D eigenvalue weighted by Crippen LogP contribution is -2.32. The van der Waals surface area contributed by atoms with Gasteiger partial charge in [-0.05, 0) is 17.7 Å². The third kappa shape index (κ3) is 5.59. The van der Waals surface area contributed by atoms with E-state index in [1.807, 2.05) is 0 Å². The van der Waals surface area contributed by atoms with E-state index >= 15 is 0 Å². The summed E-state index contributed by atoms with van der Waals surface area (Å²) in [4.78, 5) is 25.6. The van der Waals surface area contributed by atoms with Crippen LogP contribution in [0.15, 0.2) is 29.4 Å². The van der Waals surface area contributed by atoms with Crippen molar-refractivity contribution < 1.29 is 19.1 Å². The molecular weight excluding hydrogens is 290 g/mol. The lowest BCUT2D eigenvalue weighted by molar-refractivity contribution is -0.129. The third-order valence-corrected chi connectivity index (χ3v) is 2.45. The molecule has 0 aromatic heterocycles. The van der Waals surface area contributed by atoms with Crippen molar-refractivity contribution in [1.82, 2.24) is 10.6 Å². The van der Waals surface area contributed by atoms with E-state index in [-0.39, 0.29) is 14.2 Å². The summed E-state index contributed by atoms with van der Waals surface area (Å²) in [7, 11) is 2.84. The molecule has 0 saturated carbocycles. The second kappa shape index (κ2) is 9.89. The molecule has 1 atom stereocenters.